The van der Waals surface area contributed by atoms with Gasteiger partial charge in [-0.05, 0) is 33.1 Å². The first kappa shape index (κ1) is 18.8. The minimum absolute atomic E-state index is 0.112. The highest BCUT2D eigenvalue weighted by molar-refractivity contribution is 7.99. The Bertz CT molecular complexity index is 469. The number of nitrogens with one attached hydrogen (secondary N) is 1. The molecule has 7 heteroatoms. The van der Waals surface area contributed by atoms with Crippen LogP contribution in [0.2, 0.25) is 0 Å². The highest BCUT2D eigenvalue weighted by Crippen LogP contribution is 2.25. The maximum Gasteiger partial charge on any atom is 0.408 e. The molecule has 1 atom stereocenters. The number of thioether (sulfide) groups is 1. The smallest absolute Gasteiger partial charge is 0.408 e. The number of carbonyl (C=O) groups excluding carboxylic acids is 1. The fraction of sp³-hybridized carbons (Fsp3) is 0.800. The third-order valence-corrected chi connectivity index (χ3v) is 3.66. The molecule has 0 saturated carbocycles. The molecule has 1 aromatic heterocycles. The molecule has 1 aromatic rings. The van der Waals surface area contributed by atoms with Crippen LogP contribution in [-0.2, 0) is 4.74 Å². The van der Waals surface area contributed by atoms with E-state index >= 15 is 0 Å². The van der Waals surface area contributed by atoms with Crippen molar-refractivity contribution in [2.75, 3.05) is 5.75 Å². The van der Waals surface area contributed by atoms with Gasteiger partial charge in [0.05, 0.1) is 0 Å². The topological polar surface area (TPSA) is 77.2 Å². The summed E-state index contributed by atoms with van der Waals surface area (Å²) in [6, 6.07) is -0.358. The van der Waals surface area contributed by atoms with Crippen molar-refractivity contribution in [3.05, 3.63) is 5.89 Å². The van der Waals surface area contributed by atoms with Gasteiger partial charge >= 0.3 is 6.09 Å². The van der Waals surface area contributed by atoms with Gasteiger partial charge in [-0.25, -0.2) is 4.79 Å². The normalized spacial score (nSPS) is 13.2. The zero-order valence-corrected chi connectivity index (χ0v) is 15.1. The summed E-state index contributed by atoms with van der Waals surface area (Å²) in [6.45, 7) is 11.6. The molecule has 0 unspecified atom stereocenters. The standard InChI is InChI=1S/C15H27N3O3S/c1-7-8-9-22-14-18-17-12(20-14)11(10(2)3)16-13(19)21-15(4,5)6/h10-11H,7-9H2,1-6H3,(H,16,19)/t11-/m1/s1. The molecule has 1 amide bonds. The first-order valence-corrected chi connectivity index (χ1v) is 8.67. The molecule has 0 aliphatic rings. The Kier molecular flexibility index (Phi) is 7.19. The molecule has 0 aliphatic carbocycles. The zero-order valence-electron chi connectivity index (χ0n) is 14.3. The van der Waals surface area contributed by atoms with E-state index in [9.17, 15) is 4.79 Å². The van der Waals surface area contributed by atoms with Crippen LogP contribution in [0.3, 0.4) is 0 Å². The van der Waals surface area contributed by atoms with E-state index in [-0.39, 0.29) is 12.0 Å². The quantitative estimate of drug-likeness (QED) is 0.597. The van der Waals surface area contributed by atoms with Gasteiger partial charge in [0.2, 0.25) is 5.89 Å². The molecule has 0 spiro atoms. The lowest BCUT2D eigenvalue weighted by Gasteiger charge is -2.23. The van der Waals surface area contributed by atoms with E-state index in [4.69, 9.17) is 9.15 Å². The summed E-state index contributed by atoms with van der Waals surface area (Å²) in [6.07, 6.45) is 1.75. The highest BCUT2D eigenvalue weighted by atomic mass is 32.2. The van der Waals surface area contributed by atoms with E-state index in [1.165, 1.54) is 11.8 Å². The molecular weight excluding hydrogens is 302 g/mol. The van der Waals surface area contributed by atoms with Crippen LogP contribution < -0.4 is 5.32 Å². The molecule has 6 nitrogen and oxygen atoms in total. The molecule has 126 valence electrons. The first-order chi connectivity index (χ1) is 10.2. The Labute approximate surface area is 136 Å². The number of rotatable bonds is 7. The van der Waals surface area contributed by atoms with Gasteiger partial charge in [-0.1, -0.05) is 39.0 Å². The number of alkyl carbamates (subject to hydrolysis) is 1. The van der Waals surface area contributed by atoms with Crippen LogP contribution >= 0.6 is 11.8 Å². The molecule has 1 rings (SSSR count). The van der Waals surface area contributed by atoms with Crippen molar-refractivity contribution < 1.29 is 13.9 Å². The fourth-order valence-corrected chi connectivity index (χ4v) is 2.51. The van der Waals surface area contributed by atoms with Gasteiger partial charge in [0, 0.05) is 5.75 Å². The summed E-state index contributed by atoms with van der Waals surface area (Å²) < 4.78 is 10.9. The van der Waals surface area contributed by atoms with Crippen LogP contribution in [0.15, 0.2) is 9.64 Å². The minimum Gasteiger partial charge on any atom is -0.444 e. The first-order valence-electron chi connectivity index (χ1n) is 7.68. The lowest BCUT2D eigenvalue weighted by Crippen LogP contribution is -2.37. The lowest BCUT2D eigenvalue weighted by atomic mass is 10.1. The molecule has 22 heavy (non-hydrogen) atoms. The third kappa shape index (κ3) is 6.68. The van der Waals surface area contributed by atoms with Crippen molar-refractivity contribution >= 4 is 17.9 Å². The monoisotopic (exact) mass is 329 g/mol. The van der Waals surface area contributed by atoms with Crippen molar-refractivity contribution in [1.29, 1.82) is 0 Å². The number of carbonyl (C=O) groups is 1. The molecule has 0 radical (unpaired) electrons. The Hall–Kier alpha value is -1.24. The van der Waals surface area contributed by atoms with E-state index in [0.717, 1.165) is 18.6 Å². The molecular formula is C15H27N3O3S. The van der Waals surface area contributed by atoms with Crippen molar-refractivity contribution in [3.8, 4) is 0 Å². The Balaban J connectivity index is 2.69. The van der Waals surface area contributed by atoms with E-state index in [2.05, 4.69) is 22.4 Å². The second-order valence-electron chi connectivity index (χ2n) is 6.48. The molecule has 1 heterocycles. The molecule has 0 aromatic carbocycles. The molecule has 0 saturated heterocycles. The number of ether oxygens (including phenoxy) is 1. The van der Waals surface area contributed by atoms with Crippen molar-refractivity contribution in [1.82, 2.24) is 15.5 Å². The van der Waals surface area contributed by atoms with Crippen molar-refractivity contribution in [2.45, 2.75) is 71.2 Å². The third-order valence-electron chi connectivity index (χ3n) is 2.75. The minimum atomic E-state index is -0.540. The summed E-state index contributed by atoms with van der Waals surface area (Å²) in [7, 11) is 0. The van der Waals surface area contributed by atoms with Gasteiger partial charge < -0.3 is 14.5 Å². The van der Waals surface area contributed by atoms with E-state index < -0.39 is 11.7 Å². The number of nitrogens with zero attached hydrogens (tertiary/aromatic N) is 2. The van der Waals surface area contributed by atoms with Gasteiger partial charge in [0.25, 0.3) is 5.22 Å². The summed E-state index contributed by atoms with van der Waals surface area (Å²) in [5, 5.41) is 11.4. The molecule has 1 N–H and O–H groups in total. The van der Waals surface area contributed by atoms with Crippen molar-refractivity contribution in [3.63, 3.8) is 0 Å². The van der Waals surface area contributed by atoms with Crippen LogP contribution in [-0.4, -0.2) is 27.6 Å². The van der Waals surface area contributed by atoms with E-state index in [0.29, 0.717) is 11.1 Å². The highest BCUT2D eigenvalue weighted by Gasteiger charge is 2.26. The van der Waals surface area contributed by atoms with Gasteiger partial charge in [0.15, 0.2) is 0 Å². The number of hydrogen-bond donors (Lipinski definition) is 1. The average Bonchev–Trinajstić information content (AvgIpc) is 2.82. The summed E-state index contributed by atoms with van der Waals surface area (Å²) in [4.78, 5) is 11.9. The second kappa shape index (κ2) is 8.41. The number of hydrogen-bond acceptors (Lipinski definition) is 6. The summed E-state index contributed by atoms with van der Waals surface area (Å²) in [5.41, 5.74) is -0.540. The number of aromatic nitrogens is 2. The van der Waals surface area contributed by atoms with Crippen LogP contribution in [0.4, 0.5) is 4.79 Å². The van der Waals surface area contributed by atoms with Crippen LogP contribution in [0.1, 0.15) is 66.3 Å². The van der Waals surface area contributed by atoms with E-state index in [1.807, 2.05) is 34.6 Å². The van der Waals surface area contributed by atoms with Gasteiger partial charge in [-0.2, -0.15) is 0 Å². The zero-order chi connectivity index (χ0) is 16.8. The lowest BCUT2D eigenvalue weighted by molar-refractivity contribution is 0.0477. The molecule has 0 bridgehead atoms. The maximum absolute atomic E-state index is 11.9. The SMILES string of the molecule is CCCCSc1nnc([C@H](NC(=O)OC(C)(C)C)C(C)C)o1. The van der Waals surface area contributed by atoms with Gasteiger partial charge in [0.1, 0.15) is 11.6 Å². The van der Waals surface area contributed by atoms with Crippen LogP contribution in [0, 0.1) is 5.92 Å². The van der Waals surface area contributed by atoms with E-state index in [1.54, 1.807) is 0 Å². The van der Waals surface area contributed by atoms with Crippen LogP contribution in [0.5, 0.6) is 0 Å². The van der Waals surface area contributed by atoms with Crippen LogP contribution in [0.25, 0.3) is 0 Å². The van der Waals surface area contributed by atoms with Crippen molar-refractivity contribution in [2.24, 2.45) is 5.92 Å². The second-order valence-corrected chi connectivity index (χ2v) is 7.52. The average molecular weight is 329 g/mol. The predicted molar refractivity (Wildman–Crippen MR) is 86.9 cm³/mol. The molecule has 0 aliphatic heterocycles. The van der Waals surface area contributed by atoms with Gasteiger partial charge in [-0.15, -0.1) is 10.2 Å². The maximum atomic E-state index is 11.9. The summed E-state index contributed by atoms with van der Waals surface area (Å²) in [5.74, 6) is 1.48. The summed E-state index contributed by atoms with van der Waals surface area (Å²) >= 11 is 1.54. The Morgan fingerprint density at radius 3 is 2.59 bits per heavy atom. The number of amides is 1. The Morgan fingerprint density at radius 1 is 1.36 bits per heavy atom. The number of unbranched alkanes of at least 4 members (excludes halogenated alkanes) is 1. The Morgan fingerprint density at radius 2 is 2.05 bits per heavy atom. The van der Waals surface area contributed by atoms with Gasteiger partial charge in [-0.3, -0.25) is 0 Å². The predicted octanol–water partition coefficient (Wildman–Crippen LogP) is 4.18. The fourth-order valence-electron chi connectivity index (χ4n) is 1.66. The molecule has 0 fully saturated rings. The largest absolute Gasteiger partial charge is 0.444 e.